The summed E-state index contributed by atoms with van der Waals surface area (Å²) >= 11 is 0. The Morgan fingerprint density at radius 1 is 1.38 bits per heavy atom. The fraction of sp³-hybridized carbons (Fsp3) is 0.417. The van der Waals surface area contributed by atoms with Gasteiger partial charge in [-0.05, 0) is 0 Å². The zero-order valence-corrected chi connectivity index (χ0v) is 12.6. The number of aromatic nitrogens is 3. The number of nitrogens with one attached hydrogen (secondary N) is 1. The molecule has 12 heteroatoms. The molecule has 0 aliphatic carbocycles. The summed E-state index contributed by atoms with van der Waals surface area (Å²) in [6.07, 6.45) is -1.17. The van der Waals surface area contributed by atoms with Gasteiger partial charge in [0.25, 0.3) is 5.91 Å². The third kappa shape index (κ3) is 3.08. The van der Waals surface area contributed by atoms with Gasteiger partial charge in [0, 0.05) is 0 Å². The SMILES string of the molecule is NNc1c(C(N)=O)c2c(N)ncnc2n1CO[C@H](CO)[C@H](O)CO. The van der Waals surface area contributed by atoms with Gasteiger partial charge in [0.1, 0.15) is 42.5 Å². The molecule has 0 bridgehead atoms. The predicted octanol–water partition coefficient (Wildman–Crippen LogP) is -2.91. The Balaban J connectivity index is 2.50. The number of carbonyl (C=O) groups excluding carboxylic acids is 1. The number of hydrazine groups is 1. The monoisotopic (exact) mass is 341 g/mol. The van der Waals surface area contributed by atoms with Gasteiger partial charge in [-0.3, -0.25) is 9.36 Å². The van der Waals surface area contributed by atoms with E-state index in [-0.39, 0.29) is 35.0 Å². The maximum absolute atomic E-state index is 11.8. The summed E-state index contributed by atoms with van der Waals surface area (Å²) in [6.45, 7) is -1.39. The second kappa shape index (κ2) is 7.37. The Labute approximate surface area is 135 Å². The number of rotatable bonds is 8. The van der Waals surface area contributed by atoms with Gasteiger partial charge in [-0.25, -0.2) is 15.8 Å². The van der Waals surface area contributed by atoms with E-state index >= 15 is 0 Å². The Morgan fingerprint density at radius 2 is 2.08 bits per heavy atom. The molecule has 2 atom stereocenters. The second-order valence-electron chi connectivity index (χ2n) is 4.88. The van der Waals surface area contributed by atoms with Crippen LogP contribution in [0.5, 0.6) is 0 Å². The van der Waals surface area contributed by atoms with Gasteiger partial charge >= 0.3 is 0 Å². The van der Waals surface area contributed by atoms with E-state index in [0.29, 0.717) is 0 Å². The summed E-state index contributed by atoms with van der Waals surface area (Å²) in [7, 11) is 0. The smallest absolute Gasteiger partial charge is 0.253 e. The summed E-state index contributed by atoms with van der Waals surface area (Å²) in [5, 5.41) is 27.9. The number of aliphatic hydroxyl groups excluding tert-OH is 3. The highest BCUT2D eigenvalue weighted by molar-refractivity contribution is 6.13. The van der Waals surface area contributed by atoms with Crippen LogP contribution in [0.3, 0.4) is 0 Å². The number of nitrogen functional groups attached to an aromatic ring is 2. The normalized spacial score (nSPS) is 13.8. The largest absolute Gasteiger partial charge is 0.394 e. The van der Waals surface area contributed by atoms with Crippen LogP contribution < -0.4 is 22.7 Å². The molecule has 2 aromatic heterocycles. The molecular weight excluding hydrogens is 322 g/mol. The number of fused-ring (bicyclic) bond motifs is 1. The molecule has 0 unspecified atom stereocenters. The van der Waals surface area contributed by atoms with Gasteiger partial charge < -0.3 is 36.9 Å². The summed E-state index contributed by atoms with van der Waals surface area (Å²) in [5.41, 5.74) is 13.7. The Hall–Kier alpha value is -2.51. The van der Waals surface area contributed by atoms with Gasteiger partial charge in [-0.1, -0.05) is 0 Å². The molecule has 2 rings (SSSR count). The van der Waals surface area contributed by atoms with Crippen molar-refractivity contribution in [1.29, 1.82) is 0 Å². The van der Waals surface area contributed by atoms with Crippen molar-refractivity contribution >= 4 is 28.6 Å². The van der Waals surface area contributed by atoms with Gasteiger partial charge in [0.2, 0.25) is 0 Å². The Morgan fingerprint density at radius 3 is 2.62 bits per heavy atom. The van der Waals surface area contributed by atoms with E-state index in [9.17, 15) is 15.0 Å². The lowest BCUT2D eigenvalue weighted by Gasteiger charge is -2.21. The van der Waals surface area contributed by atoms with E-state index in [1.807, 2.05) is 0 Å². The number of carbonyl (C=O) groups is 1. The first-order chi connectivity index (χ1) is 11.5. The number of aliphatic hydroxyl groups is 3. The van der Waals surface area contributed by atoms with Crippen molar-refractivity contribution in [3.05, 3.63) is 11.9 Å². The minimum absolute atomic E-state index is 0.0162. The lowest BCUT2D eigenvalue weighted by Crippen LogP contribution is -2.35. The molecule has 0 aliphatic rings. The molecule has 0 saturated heterocycles. The molecule has 2 aromatic rings. The molecule has 10 N–H and O–H groups in total. The average Bonchev–Trinajstić information content (AvgIpc) is 2.90. The minimum atomic E-state index is -1.29. The number of hydrogen-bond acceptors (Lipinski definition) is 10. The maximum atomic E-state index is 11.8. The van der Waals surface area contributed by atoms with Crippen LogP contribution in [0.15, 0.2) is 6.33 Å². The lowest BCUT2D eigenvalue weighted by atomic mass is 10.2. The van der Waals surface area contributed by atoms with E-state index in [2.05, 4.69) is 15.4 Å². The van der Waals surface area contributed by atoms with Crippen LogP contribution >= 0.6 is 0 Å². The Kier molecular flexibility index (Phi) is 5.48. The van der Waals surface area contributed by atoms with Crippen LogP contribution in [-0.2, 0) is 11.5 Å². The highest BCUT2D eigenvalue weighted by Crippen LogP contribution is 2.31. The predicted molar refractivity (Wildman–Crippen MR) is 83.3 cm³/mol. The van der Waals surface area contributed by atoms with E-state index in [1.54, 1.807) is 0 Å². The van der Waals surface area contributed by atoms with Crippen molar-refractivity contribution in [3.63, 3.8) is 0 Å². The minimum Gasteiger partial charge on any atom is -0.394 e. The average molecular weight is 341 g/mol. The number of amides is 1. The Bertz CT molecular complexity index is 734. The molecule has 0 radical (unpaired) electrons. The van der Waals surface area contributed by atoms with Crippen LogP contribution in [0, 0.1) is 0 Å². The van der Waals surface area contributed by atoms with Crippen LogP contribution in [0.2, 0.25) is 0 Å². The maximum Gasteiger partial charge on any atom is 0.253 e. The molecule has 1 amide bonds. The zero-order chi connectivity index (χ0) is 17.9. The summed E-state index contributed by atoms with van der Waals surface area (Å²) in [6, 6.07) is 0. The highest BCUT2D eigenvalue weighted by atomic mass is 16.5. The number of anilines is 2. The number of nitrogens with two attached hydrogens (primary N) is 3. The number of nitrogens with zero attached hydrogens (tertiary/aromatic N) is 3. The third-order valence-electron chi connectivity index (χ3n) is 3.47. The highest BCUT2D eigenvalue weighted by Gasteiger charge is 2.25. The van der Waals surface area contributed by atoms with Gasteiger partial charge in [-0.15, -0.1) is 0 Å². The molecule has 12 nitrogen and oxygen atoms in total. The van der Waals surface area contributed by atoms with Crippen LogP contribution in [0.4, 0.5) is 11.6 Å². The topological polar surface area (TPSA) is 208 Å². The third-order valence-corrected chi connectivity index (χ3v) is 3.47. The van der Waals surface area contributed by atoms with Gasteiger partial charge in [-0.2, -0.15) is 0 Å². The lowest BCUT2D eigenvalue weighted by molar-refractivity contribution is -0.0993. The van der Waals surface area contributed by atoms with Gasteiger partial charge in [0.15, 0.2) is 0 Å². The quantitative estimate of drug-likeness (QED) is 0.192. The molecule has 0 aromatic carbocycles. The molecule has 0 spiro atoms. The first-order valence-electron chi connectivity index (χ1n) is 6.86. The van der Waals surface area contributed by atoms with E-state index in [4.69, 9.17) is 27.2 Å². The van der Waals surface area contributed by atoms with Crippen molar-refractivity contribution in [2.75, 3.05) is 24.4 Å². The van der Waals surface area contributed by atoms with E-state index < -0.39 is 31.3 Å². The first kappa shape index (κ1) is 17.8. The fourth-order valence-electron chi connectivity index (χ4n) is 2.28. The molecule has 24 heavy (non-hydrogen) atoms. The summed E-state index contributed by atoms with van der Waals surface area (Å²) in [5.74, 6) is 4.77. The number of ether oxygens (including phenoxy) is 1. The van der Waals surface area contributed by atoms with Gasteiger partial charge in [0.05, 0.1) is 24.2 Å². The number of hydrogen-bond donors (Lipinski definition) is 7. The van der Waals surface area contributed by atoms with Crippen LogP contribution in [0.25, 0.3) is 11.0 Å². The van der Waals surface area contributed by atoms with Crippen molar-refractivity contribution in [3.8, 4) is 0 Å². The first-order valence-corrected chi connectivity index (χ1v) is 6.86. The van der Waals surface area contributed by atoms with Crippen LogP contribution in [-0.4, -0.2) is 61.2 Å². The zero-order valence-electron chi connectivity index (χ0n) is 12.6. The second-order valence-corrected chi connectivity index (χ2v) is 4.88. The molecular formula is C12H19N7O5. The van der Waals surface area contributed by atoms with E-state index in [1.165, 1.54) is 10.9 Å². The fourth-order valence-corrected chi connectivity index (χ4v) is 2.28. The molecule has 0 fully saturated rings. The van der Waals surface area contributed by atoms with Crippen molar-refractivity contribution in [1.82, 2.24) is 14.5 Å². The molecule has 0 saturated carbocycles. The van der Waals surface area contributed by atoms with E-state index in [0.717, 1.165) is 0 Å². The molecule has 0 aliphatic heterocycles. The van der Waals surface area contributed by atoms with Crippen LogP contribution in [0.1, 0.15) is 10.4 Å². The molecule has 132 valence electrons. The van der Waals surface area contributed by atoms with Crippen molar-refractivity contribution < 1.29 is 24.9 Å². The van der Waals surface area contributed by atoms with Crippen molar-refractivity contribution in [2.45, 2.75) is 18.9 Å². The standard InChI is InChI=1S/C12H19N7O5/c13-9-7-8(10(14)23)12(18-15)19(11(7)17-3-16-9)4-24-6(2-21)5(22)1-20/h3,5-6,18,20-22H,1-2,4,15H2,(H2,14,23)(H2,13,16,17)/t5-,6-/m1/s1. The summed E-state index contributed by atoms with van der Waals surface area (Å²) in [4.78, 5) is 19.6. The van der Waals surface area contributed by atoms with Crippen molar-refractivity contribution in [2.24, 2.45) is 11.6 Å². The number of primary amides is 1. The summed E-state index contributed by atoms with van der Waals surface area (Å²) < 4.78 is 6.72. The molecule has 2 heterocycles.